The number of hydrogen-bond donors (Lipinski definition) is 1. The number of nitrogens with one attached hydrogen (secondary N) is 1. The van der Waals surface area contributed by atoms with E-state index in [1.54, 1.807) is 25.1 Å². The lowest BCUT2D eigenvalue weighted by Crippen LogP contribution is -2.32. The van der Waals surface area contributed by atoms with Gasteiger partial charge in [-0.25, -0.2) is 4.98 Å². The van der Waals surface area contributed by atoms with E-state index in [-0.39, 0.29) is 11.9 Å². The van der Waals surface area contributed by atoms with Gasteiger partial charge in [-0.05, 0) is 35.4 Å². The van der Waals surface area contributed by atoms with Crippen molar-refractivity contribution in [3.8, 4) is 5.75 Å². The van der Waals surface area contributed by atoms with Gasteiger partial charge in [0.1, 0.15) is 17.6 Å². The van der Waals surface area contributed by atoms with E-state index in [0.29, 0.717) is 10.8 Å². The van der Waals surface area contributed by atoms with E-state index in [9.17, 15) is 4.79 Å². The van der Waals surface area contributed by atoms with Crippen molar-refractivity contribution in [1.82, 2.24) is 14.9 Å². The summed E-state index contributed by atoms with van der Waals surface area (Å²) in [6, 6.07) is 15.0. The molecule has 0 aliphatic carbocycles. The highest BCUT2D eigenvalue weighted by Crippen LogP contribution is 2.24. The molecule has 1 amide bonds. The first-order valence-electron chi connectivity index (χ1n) is 8.79. The minimum absolute atomic E-state index is 0.0465. The van der Waals surface area contributed by atoms with Gasteiger partial charge in [-0.2, -0.15) is 0 Å². The summed E-state index contributed by atoms with van der Waals surface area (Å²) in [5.41, 5.74) is 2.06. The van der Waals surface area contributed by atoms with Crippen LogP contribution >= 0.6 is 23.4 Å². The number of nitrogens with zero attached hydrogens (tertiary/aromatic N) is 2. The van der Waals surface area contributed by atoms with Gasteiger partial charge in [-0.1, -0.05) is 35.9 Å². The summed E-state index contributed by atoms with van der Waals surface area (Å²) in [5.74, 6) is 2.56. The van der Waals surface area contributed by atoms with Gasteiger partial charge in [0.15, 0.2) is 0 Å². The number of hydrogen-bond acceptors (Lipinski definition) is 4. The summed E-state index contributed by atoms with van der Waals surface area (Å²) in [4.78, 5) is 17.0. The molecule has 0 bridgehead atoms. The summed E-state index contributed by atoms with van der Waals surface area (Å²) in [6.07, 6.45) is 3.59. The van der Waals surface area contributed by atoms with Gasteiger partial charge < -0.3 is 14.6 Å². The summed E-state index contributed by atoms with van der Waals surface area (Å²) >= 11 is 7.47. The second kappa shape index (κ2) is 9.66. The number of ether oxygens (including phenoxy) is 1. The number of aryl methyl sites for hydroxylation is 1. The molecule has 28 heavy (non-hydrogen) atoms. The first-order valence-corrected chi connectivity index (χ1v) is 10.3. The maximum atomic E-state index is 12.6. The van der Waals surface area contributed by atoms with E-state index in [1.165, 1.54) is 0 Å². The number of benzene rings is 2. The van der Waals surface area contributed by atoms with E-state index >= 15 is 0 Å². The first kappa shape index (κ1) is 20.3. The Kier molecular flexibility index (Phi) is 7.01. The second-order valence-corrected chi connectivity index (χ2v) is 7.71. The largest absolute Gasteiger partial charge is 0.497 e. The Hall–Kier alpha value is -2.44. The quantitative estimate of drug-likeness (QED) is 0.598. The first-order chi connectivity index (χ1) is 13.6. The van der Waals surface area contributed by atoms with Gasteiger partial charge >= 0.3 is 0 Å². The van der Waals surface area contributed by atoms with E-state index < -0.39 is 0 Å². The maximum Gasteiger partial charge on any atom is 0.230 e. The van der Waals surface area contributed by atoms with Crippen LogP contribution in [0.3, 0.4) is 0 Å². The molecule has 3 rings (SSSR count). The van der Waals surface area contributed by atoms with Crippen molar-refractivity contribution < 1.29 is 9.53 Å². The number of imidazole rings is 1. The lowest BCUT2D eigenvalue weighted by Gasteiger charge is -2.19. The summed E-state index contributed by atoms with van der Waals surface area (Å²) in [6.45, 7) is 0. The molecular weight excluding hydrogens is 394 g/mol. The fourth-order valence-electron chi connectivity index (χ4n) is 2.82. The number of aromatic nitrogens is 2. The Balaban J connectivity index is 1.67. The minimum Gasteiger partial charge on any atom is -0.497 e. The van der Waals surface area contributed by atoms with Crippen molar-refractivity contribution >= 4 is 29.3 Å². The normalized spacial score (nSPS) is 11.8. The zero-order chi connectivity index (χ0) is 19.9. The molecule has 0 spiro atoms. The van der Waals surface area contributed by atoms with Crippen LogP contribution < -0.4 is 10.1 Å². The molecule has 1 atom stereocenters. The van der Waals surface area contributed by atoms with Crippen molar-refractivity contribution in [2.75, 3.05) is 12.9 Å². The zero-order valence-electron chi connectivity index (χ0n) is 15.8. The molecule has 3 aromatic rings. The average molecular weight is 416 g/mol. The SMILES string of the molecule is COc1cccc(C(NC(=O)CSCc2ccc(Cl)cc2)c2nccn2C)c1. The van der Waals surface area contributed by atoms with Gasteiger partial charge in [-0.15, -0.1) is 11.8 Å². The van der Waals surface area contributed by atoms with Crippen LogP contribution in [0.25, 0.3) is 0 Å². The van der Waals surface area contributed by atoms with Crippen LogP contribution in [0.4, 0.5) is 0 Å². The lowest BCUT2D eigenvalue weighted by molar-refractivity contribution is -0.119. The molecule has 0 radical (unpaired) electrons. The molecule has 1 heterocycles. The molecule has 1 N–H and O–H groups in total. The molecule has 0 aliphatic rings. The van der Waals surface area contributed by atoms with Crippen LogP contribution in [0.5, 0.6) is 5.75 Å². The highest BCUT2D eigenvalue weighted by atomic mass is 35.5. The van der Waals surface area contributed by atoms with Crippen LogP contribution in [0, 0.1) is 0 Å². The van der Waals surface area contributed by atoms with E-state index in [2.05, 4.69) is 10.3 Å². The van der Waals surface area contributed by atoms with Gasteiger partial charge in [0.25, 0.3) is 0 Å². The molecule has 0 aliphatic heterocycles. The maximum absolute atomic E-state index is 12.6. The van der Waals surface area contributed by atoms with Gasteiger partial charge in [0.2, 0.25) is 5.91 Å². The summed E-state index contributed by atoms with van der Waals surface area (Å²) in [5, 5.41) is 3.81. The molecule has 7 heteroatoms. The Morgan fingerprint density at radius 2 is 2.07 bits per heavy atom. The number of thioether (sulfide) groups is 1. The zero-order valence-corrected chi connectivity index (χ0v) is 17.3. The van der Waals surface area contributed by atoms with Crippen LogP contribution in [-0.4, -0.2) is 28.3 Å². The van der Waals surface area contributed by atoms with Crippen LogP contribution in [0.2, 0.25) is 5.02 Å². The molecular formula is C21H22ClN3O2S. The van der Waals surface area contributed by atoms with E-state index in [4.69, 9.17) is 16.3 Å². The van der Waals surface area contributed by atoms with Crippen LogP contribution in [0.15, 0.2) is 60.9 Å². The third kappa shape index (κ3) is 5.30. The molecule has 1 unspecified atom stereocenters. The third-order valence-electron chi connectivity index (χ3n) is 4.26. The van der Waals surface area contributed by atoms with Crippen molar-refractivity contribution in [3.05, 3.63) is 82.9 Å². The van der Waals surface area contributed by atoms with Crippen molar-refractivity contribution in [1.29, 1.82) is 0 Å². The Morgan fingerprint density at radius 3 is 2.75 bits per heavy atom. The Labute approximate surface area is 174 Å². The number of carbonyl (C=O) groups excluding carboxylic acids is 1. The van der Waals surface area contributed by atoms with E-state index in [0.717, 1.165) is 28.5 Å². The van der Waals surface area contributed by atoms with Crippen molar-refractivity contribution in [3.63, 3.8) is 0 Å². The number of halogens is 1. The molecule has 1 aromatic heterocycles. The van der Waals surface area contributed by atoms with Crippen LogP contribution in [-0.2, 0) is 17.6 Å². The average Bonchev–Trinajstić information content (AvgIpc) is 3.13. The third-order valence-corrected chi connectivity index (χ3v) is 5.52. The highest BCUT2D eigenvalue weighted by molar-refractivity contribution is 7.99. The summed E-state index contributed by atoms with van der Waals surface area (Å²) < 4.78 is 7.23. The molecule has 0 saturated heterocycles. The molecule has 0 saturated carbocycles. The van der Waals surface area contributed by atoms with Crippen molar-refractivity contribution in [2.45, 2.75) is 11.8 Å². The fourth-order valence-corrected chi connectivity index (χ4v) is 3.74. The topological polar surface area (TPSA) is 56.1 Å². The van der Waals surface area contributed by atoms with Gasteiger partial charge in [0, 0.05) is 30.2 Å². The second-order valence-electron chi connectivity index (χ2n) is 6.29. The summed E-state index contributed by atoms with van der Waals surface area (Å²) in [7, 11) is 3.54. The molecule has 5 nitrogen and oxygen atoms in total. The van der Waals surface area contributed by atoms with Crippen LogP contribution in [0.1, 0.15) is 23.0 Å². The number of carbonyl (C=O) groups is 1. The molecule has 2 aromatic carbocycles. The smallest absolute Gasteiger partial charge is 0.230 e. The van der Waals surface area contributed by atoms with Gasteiger partial charge in [0.05, 0.1) is 12.9 Å². The number of methoxy groups -OCH3 is 1. The monoisotopic (exact) mass is 415 g/mol. The molecule has 0 fully saturated rings. The fraction of sp³-hybridized carbons (Fsp3) is 0.238. The Morgan fingerprint density at radius 1 is 1.29 bits per heavy atom. The van der Waals surface area contributed by atoms with Gasteiger partial charge in [-0.3, -0.25) is 4.79 Å². The number of amides is 1. The number of rotatable bonds is 8. The van der Waals surface area contributed by atoms with Crippen molar-refractivity contribution in [2.24, 2.45) is 7.05 Å². The highest BCUT2D eigenvalue weighted by Gasteiger charge is 2.21. The van der Waals surface area contributed by atoms with E-state index in [1.807, 2.05) is 66.3 Å². The minimum atomic E-state index is -0.348. The lowest BCUT2D eigenvalue weighted by atomic mass is 10.1. The standard InChI is InChI=1S/C21H22ClN3O2S/c1-25-11-10-23-21(25)20(16-4-3-5-18(12-16)27-2)24-19(26)14-28-13-15-6-8-17(22)9-7-15/h3-12,20H,13-14H2,1-2H3,(H,24,26). The molecule has 146 valence electrons. The Bertz CT molecular complexity index is 927. The predicted molar refractivity (Wildman–Crippen MR) is 114 cm³/mol. The predicted octanol–water partition coefficient (Wildman–Crippen LogP) is 4.22.